The van der Waals surface area contributed by atoms with Crippen molar-refractivity contribution in [1.29, 1.82) is 0 Å². The summed E-state index contributed by atoms with van der Waals surface area (Å²) in [7, 11) is 0. The van der Waals surface area contributed by atoms with Crippen molar-refractivity contribution >= 4 is 29.1 Å². The summed E-state index contributed by atoms with van der Waals surface area (Å²) >= 11 is 0. The molecule has 0 aliphatic carbocycles. The minimum atomic E-state index is -0.386. The van der Waals surface area contributed by atoms with Crippen molar-refractivity contribution in [1.82, 2.24) is 20.0 Å². The standard InChI is InChI=1S/C16H18N6O2/c23-13-3-5-21(16(24)19-13)14-8-18-15-12(2-1-4-20(14)15)22-9-10-6-11(22)7-17-10/h1-2,4,8,10-11,17H,3,5-7,9H2,(H,19,23,24)/t10-,11-/m0/s1. The molecule has 0 spiro atoms. The molecule has 8 nitrogen and oxygen atoms in total. The molecule has 5 heterocycles. The summed E-state index contributed by atoms with van der Waals surface area (Å²) in [5.74, 6) is 0.464. The highest BCUT2D eigenvalue weighted by atomic mass is 16.2. The number of pyridine rings is 1. The van der Waals surface area contributed by atoms with Gasteiger partial charge in [-0.15, -0.1) is 0 Å². The summed E-state index contributed by atoms with van der Waals surface area (Å²) in [5.41, 5.74) is 1.95. The lowest BCUT2D eigenvalue weighted by Gasteiger charge is -2.30. The molecule has 0 aromatic carbocycles. The van der Waals surface area contributed by atoms with Gasteiger partial charge < -0.3 is 10.2 Å². The first-order valence-electron chi connectivity index (χ1n) is 8.28. The predicted octanol–water partition coefficient (Wildman–Crippen LogP) is 0.331. The summed E-state index contributed by atoms with van der Waals surface area (Å²) in [6.07, 6.45) is 5.10. The molecule has 24 heavy (non-hydrogen) atoms. The van der Waals surface area contributed by atoms with E-state index in [1.807, 2.05) is 16.7 Å². The first-order valence-corrected chi connectivity index (χ1v) is 8.28. The largest absolute Gasteiger partial charge is 0.363 e. The van der Waals surface area contributed by atoms with E-state index in [4.69, 9.17) is 0 Å². The van der Waals surface area contributed by atoms with Crippen LogP contribution in [0, 0.1) is 0 Å². The van der Waals surface area contributed by atoms with Gasteiger partial charge in [0.15, 0.2) is 5.65 Å². The molecule has 2 N–H and O–H groups in total. The molecule has 124 valence electrons. The molecule has 8 heteroatoms. The molecule has 3 saturated heterocycles. The maximum atomic E-state index is 12.1. The van der Waals surface area contributed by atoms with Crippen molar-refractivity contribution in [2.24, 2.45) is 0 Å². The lowest BCUT2D eigenvalue weighted by molar-refractivity contribution is -0.120. The van der Waals surface area contributed by atoms with Gasteiger partial charge in [0.25, 0.3) is 0 Å². The van der Waals surface area contributed by atoms with Crippen LogP contribution in [0.5, 0.6) is 0 Å². The van der Waals surface area contributed by atoms with E-state index >= 15 is 0 Å². The summed E-state index contributed by atoms with van der Waals surface area (Å²) < 4.78 is 1.93. The number of piperazine rings is 1. The number of fused-ring (bicyclic) bond motifs is 3. The second-order valence-corrected chi connectivity index (χ2v) is 6.61. The number of carbonyl (C=O) groups is 2. The van der Waals surface area contributed by atoms with Gasteiger partial charge in [-0.25, -0.2) is 9.78 Å². The highest BCUT2D eigenvalue weighted by Crippen LogP contribution is 2.33. The number of imide groups is 1. The van der Waals surface area contributed by atoms with E-state index in [0.717, 1.165) is 24.4 Å². The Labute approximate surface area is 138 Å². The topological polar surface area (TPSA) is 82.0 Å². The predicted molar refractivity (Wildman–Crippen MR) is 88.2 cm³/mol. The molecule has 0 unspecified atom stereocenters. The third kappa shape index (κ3) is 1.92. The van der Waals surface area contributed by atoms with E-state index < -0.39 is 0 Å². The first kappa shape index (κ1) is 13.8. The summed E-state index contributed by atoms with van der Waals surface area (Å²) in [5, 5.41) is 5.87. The summed E-state index contributed by atoms with van der Waals surface area (Å²) in [4.78, 5) is 32.0. The van der Waals surface area contributed by atoms with Crippen molar-refractivity contribution in [2.75, 3.05) is 29.4 Å². The zero-order chi connectivity index (χ0) is 16.3. The van der Waals surface area contributed by atoms with Crippen LogP contribution in [-0.2, 0) is 4.79 Å². The normalized spacial score (nSPS) is 26.5. The number of hydrogen-bond donors (Lipinski definition) is 2. The van der Waals surface area contributed by atoms with Gasteiger partial charge in [-0.05, 0) is 18.6 Å². The number of anilines is 2. The van der Waals surface area contributed by atoms with E-state index in [9.17, 15) is 9.59 Å². The van der Waals surface area contributed by atoms with E-state index in [0.29, 0.717) is 30.9 Å². The molecule has 3 fully saturated rings. The molecule has 2 bridgehead atoms. The Balaban J connectivity index is 1.55. The fraction of sp³-hybridized carbons (Fsp3) is 0.438. The van der Waals surface area contributed by atoms with Gasteiger partial charge in [-0.3, -0.25) is 19.4 Å². The van der Waals surface area contributed by atoms with Crippen LogP contribution in [0.3, 0.4) is 0 Å². The van der Waals surface area contributed by atoms with Gasteiger partial charge in [0, 0.05) is 44.3 Å². The minimum Gasteiger partial charge on any atom is -0.363 e. The number of urea groups is 1. The monoisotopic (exact) mass is 326 g/mol. The number of nitrogens with zero attached hydrogens (tertiary/aromatic N) is 4. The maximum Gasteiger partial charge on any atom is 0.329 e. The highest BCUT2D eigenvalue weighted by Gasteiger charge is 2.38. The van der Waals surface area contributed by atoms with Crippen LogP contribution in [0.25, 0.3) is 5.65 Å². The zero-order valence-corrected chi connectivity index (χ0v) is 13.1. The fourth-order valence-corrected chi connectivity index (χ4v) is 4.05. The number of hydrogen-bond acceptors (Lipinski definition) is 5. The molecule has 0 saturated carbocycles. The van der Waals surface area contributed by atoms with Crippen molar-refractivity contribution in [2.45, 2.75) is 24.9 Å². The van der Waals surface area contributed by atoms with Gasteiger partial charge in [-0.2, -0.15) is 0 Å². The maximum absolute atomic E-state index is 12.1. The molecule has 3 aliphatic rings. The van der Waals surface area contributed by atoms with E-state index in [-0.39, 0.29) is 11.9 Å². The van der Waals surface area contributed by atoms with Crippen molar-refractivity contribution in [3.63, 3.8) is 0 Å². The molecular weight excluding hydrogens is 308 g/mol. The first-order chi connectivity index (χ1) is 11.7. The molecule has 2 atom stereocenters. The van der Waals surface area contributed by atoms with E-state index in [2.05, 4.69) is 26.6 Å². The Morgan fingerprint density at radius 1 is 1.29 bits per heavy atom. The van der Waals surface area contributed by atoms with Crippen molar-refractivity contribution in [3.05, 3.63) is 24.5 Å². The third-order valence-electron chi connectivity index (χ3n) is 5.19. The van der Waals surface area contributed by atoms with Crippen LogP contribution in [0.2, 0.25) is 0 Å². The molecule has 3 amide bonds. The second-order valence-electron chi connectivity index (χ2n) is 6.61. The smallest absolute Gasteiger partial charge is 0.329 e. The van der Waals surface area contributed by atoms with Crippen LogP contribution >= 0.6 is 0 Å². The average Bonchev–Trinajstić information content (AvgIpc) is 3.29. The van der Waals surface area contributed by atoms with Crippen molar-refractivity contribution < 1.29 is 9.59 Å². The molecule has 5 rings (SSSR count). The number of imidazole rings is 1. The lowest BCUT2D eigenvalue weighted by atomic mass is 10.2. The zero-order valence-electron chi connectivity index (χ0n) is 13.1. The second kappa shape index (κ2) is 4.94. The van der Waals surface area contributed by atoms with E-state index in [1.54, 1.807) is 11.1 Å². The van der Waals surface area contributed by atoms with Gasteiger partial charge in [0.1, 0.15) is 5.82 Å². The lowest BCUT2D eigenvalue weighted by Crippen LogP contribution is -2.50. The third-order valence-corrected chi connectivity index (χ3v) is 5.19. The molecule has 2 aromatic rings. The Morgan fingerprint density at radius 3 is 2.96 bits per heavy atom. The Kier molecular flexibility index (Phi) is 2.84. The van der Waals surface area contributed by atoms with Crippen LogP contribution in [0.4, 0.5) is 16.3 Å². The minimum absolute atomic E-state index is 0.230. The SMILES string of the molecule is O=C1CCN(c2cnc3c(N4C[C@@H]5C[C@H]4CN5)cccn23)C(=O)N1. The quantitative estimate of drug-likeness (QED) is 0.831. The Bertz CT molecular complexity index is 846. The van der Waals surface area contributed by atoms with Crippen LogP contribution in [0.1, 0.15) is 12.8 Å². The van der Waals surface area contributed by atoms with Gasteiger partial charge >= 0.3 is 6.03 Å². The average molecular weight is 326 g/mol. The van der Waals surface area contributed by atoms with Crippen LogP contribution in [0.15, 0.2) is 24.5 Å². The number of nitrogens with one attached hydrogen (secondary N) is 2. The fourth-order valence-electron chi connectivity index (χ4n) is 4.05. The van der Waals surface area contributed by atoms with Crippen LogP contribution in [-0.4, -0.2) is 53.0 Å². The summed E-state index contributed by atoms with van der Waals surface area (Å²) in [6, 6.07) is 4.76. The molecule has 0 radical (unpaired) electrons. The van der Waals surface area contributed by atoms with Crippen LogP contribution < -0.4 is 20.4 Å². The Hall–Kier alpha value is -2.61. The molecular formula is C16H18N6O2. The Morgan fingerprint density at radius 2 is 2.21 bits per heavy atom. The van der Waals surface area contributed by atoms with Gasteiger partial charge in [0.05, 0.1) is 11.9 Å². The molecule has 2 aromatic heterocycles. The number of rotatable bonds is 2. The number of carbonyl (C=O) groups excluding carboxylic acids is 2. The summed E-state index contributed by atoms with van der Waals surface area (Å²) in [6.45, 7) is 2.38. The number of amides is 3. The number of aromatic nitrogens is 2. The highest BCUT2D eigenvalue weighted by molar-refractivity contribution is 6.05. The molecule has 3 aliphatic heterocycles. The van der Waals surface area contributed by atoms with E-state index in [1.165, 1.54) is 6.42 Å². The van der Waals surface area contributed by atoms with Gasteiger partial charge in [0.2, 0.25) is 5.91 Å². The van der Waals surface area contributed by atoms with Crippen molar-refractivity contribution in [3.8, 4) is 0 Å². The van der Waals surface area contributed by atoms with Gasteiger partial charge in [-0.1, -0.05) is 0 Å².